The molecule has 236 valence electrons. The maximum absolute atomic E-state index is 13.7. The zero-order valence-corrected chi connectivity index (χ0v) is 25.4. The number of aromatic nitrogens is 3. The number of carbonyl (C=O) groups is 1. The Balaban J connectivity index is 1.22. The summed E-state index contributed by atoms with van der Waals surface area (Å²) in [6.07, 6.45) is -7.75. The normalized spacial score (nSPS) is 16.4. The third-order valence-corrected chi connectivity index (χ3v) is 7.97. The van der Waals surface area contributed by atoms with Crippen LogP contribution in [0.4, 0.5) is 32.0 Å². The van der Waals surface area contributed by atoms with Gasteiger partial charge in [-0.05, 0) is 55.0 Å². The Morgan fingerprint density at radius 3 is 2.31 bits per heavy atom. The van der Waals surface area contributed by atoms with Gasteiger partial charge in [-0.15, -0.1) is 17.7 Å². The number of benzene rings is 3. The molecule has 1 aliphatic heterocycles. The van der Waals surface area contributed by atoms with E-state index in [0.717, 1.165) is 52.6 Å². The van der Waals surface area contributed by atoms with Gasteiger partial charge in [-0.2, -0.15) is 26.3 Å². The molecule has 1 aliphatic rings. The van der Waals surface area contributed by atoms with Gasteiger partial charge in [0, 0.05) is 16.6 Å². The van der Waals surface area contributed by atoms with E-state index in [1.807, 2.05) is 19.1 Å². The Hall–Kier alpha value is -3.57. The highest BCUT2D eigenvalue weighted by atomic mass is 35.5. The number of amidine groups is 1. The van der Waals surface area contributed by atoms with Gasteiger partial charge in [0.25, 0.3) is 0 Å². The highest BCUT2D eigenvalue weighted by Crippen LogP contribution is 2.40. The maximum atomic E-state index is 13.7. The molecular formula is C28H22ClF6N7OS2. The number of nitrogens with one attached hydrogen (secondary N) is 2. The molecule has 0 bridgehead atoms. The zero-order valence-electron chi connectivity index (χ0n) is 22.9. The second-order valence-corrected chi connectivity index (χ2v) is 11.5. The van der Waals surface area contributed by atoms with Crippen molar-refractivity contribution in [2.24, 2.45) is 4.99 Å². The van der Waals surface area contributed by atoms with Crippen molar-refractivity contribution >= 4 is 52.8 Å². The fourth-order valence-electron chi connectivity index (χ4n) is 4.29. The smallest absolute Gasteiger partial charge is 0.273 e. The summed E-state index contributed by atoms with van der Waals surface area (Å²) in [6, 6.07) is 14.5. The van der Waals surface area contributed by atoms with Crippen LogP contribution in [0.5, 0.6) is 0 Å². The van der Waals surface area contributed by atoms with E-state index in [1.54, 1.807) is 12.1 Å². The molecule has 0 saturated carbocycles. The van der Waals surface area contributed by atoms with Gasteiger partial charge in [0.1, 0.15) is 6.33 Å². The predicted molar refractivity (Wildman–Crippen MR) is 163 cm³/mol. The minimum absolute atomic E-state index is 0.0299. The van der Waals surface area contributed by atoms with E-state index in [1.165, 1.54) is 23.1 Å². The fraction of sp³-hybridized carbons (Fsp3) is 0.214. The van der Waals surface area contributed by atoms with Gasteiger partial charge < -0.3 is 0 Å². The van der Waals surface area contributed by atoms with Crippen molar-refractivity contribution in [3.05, 3.63) is 94.8 Å². The lowest BCUT2D eigenvalue weighted by Crippen LogP contribution is -2.40. The summed E-state index contributed by atoms with van der Waals surface area (Å²) < 4.78 is 80.9. The lowest BCUT2D eigenvalue weighted by molar-refractivity contribution is -0.138. The number of aliphatic imine (C=N–C) groups is 1. The topological polar surface area (TPSA) is 87.4 Å². The molecule has 0 radical (unpaired) electrons. The van der Waals surface area contributed by atoms with Crippen LogP contribution in [-0.2, 0) is 17.1 Å². The van der Waals surface area contributed by atoms with Crippen molar-refractivity contribution in [3.63, 3.8) is 0 Å². The van der Waals surface area contributed by atoms with Crippen LogP contribution in [0.1, 0.15) is 29.7 Å². The first-order chi connectivity index (χ1) is 21.2. The van der Waals surface area contributed by atoms with E-state index in [-0.39, 0.29) is 22.0 Å². The van der Waals surface area contributed by atoms with Crippen LogP contribution in [0.3, 0.4) is 0 Å². The predicted octanol–water partition coefficient (Wildman–Crippen LogP) is 7.13. The van der Waals surface area contributed by atoms with Crippen LogP contribution in [0.25, 0.3) is 17.1 Å². The van der Waals surface area contributed by atoms with E-state index in [4.69, 9.17) is 11.6 Å². The molecule has 0 aliphatic carbocycles. The maximum Gasteiger partial charge on any atom is 0.418 e. The molecular weight excluding hydrogens is 664 g/mol. The number of anilines is 1. The number of thiol groups is 1. The molecule has 5 rings (SSSR count). The summed E-state index contributed by atoms with van der Waals surface area (Å²) in [5, 5.41) is 4.42. The Kier molecular flexibility index (Phi) is 9.51. The van der Waals surface area contributed by atoms with Gasteiger partial charge in [-0.25, -0.2) is 25.5 Å². The molecule has 4 aromatic rings. The highest BCUT2D eigenvalue weighted by Gasteiger charge is 2.40. The number of hydrogen-bond donors (Lipinski definition) is 3. The molecule has 0 spiro atoms. The number of rotatable bonds is 8. The quantitative estimate of drug-likeness (QED) is 0.0792. The van der Waals surface area contributed by atoms with Crippen LogP contribution >= 0.6 is 36.0 Å². The first-order valence-corrected chi connectivity index (χ1v) is 14.9. The largest absolute Gasteiger partial charge is 0.418 e. The third kappa shape index (κ3) is 7.64. The Morgan fingerprint density at radius 1 is 0.978 bits per heavy atom. The number of carbonyl (C=O) groups excluding carboxylic acids is 1. The SMILES string of the molecule is CC(NNC(S)N=C1SCC(=O)N1c1cc(Cl)ccc1C(F)(F)F)c1ccc(-c2ncn(-c3ccc(C(F)(F)F)cc3)n2)cc1. The standard InChI is InChI=1S/C28H22ClF6N7OS2/c1-15(16-2-4-17(5-3-16)24-36-14-41(40-24)20-9-6-18(7-10-20)27(30,31)32)38-39-25(44)37-26-42(23(43)13-45-26)22-12-19(29)8-11-21(22)28(33,34)35/h2-12,14-15,25,38-39,44H,13H2,1H3. The van der Waals surface area contributed by atoms with Crippen LogP contribution in [0, 0.1) is 0 Å². The van der Waals surface area contributed by atoms with E-state index in [2.05, 4.69) is 38.6 Å². The van der Waals surface area contributed by atoms with Gasteiger partial charge in [0.05, 0.1) is 28.3 Å². The number of nitrogens with zero attached hydrogens (tertiary/aromatic N) is 5. The number of halogens is 7. The summed E-state index contributed by atoms with van der Waals surface area (Å²) in [7, 11) is 0. The van der Waals surface area contributed by atoms with Gasteiger partial charge in [0.2, 0.25) is 5.91 Å². The number of hydrogen-bond acceptors (Lipinski definition) is 8. The monoisotopic (exact) mass is 685 g/mol. The van der Waals surface area contributed by atoms with E-state index in [0.29, 0.717) is 17.1 Å². The Morgan fingerprint density at radius 2 is 1.67 bits per heavy atom. The Bertz CT molecular complexity index is 1710. The number of alkyl halides is 6. The van der Waals surface area contributed by atoms with Crippen molar-refractivity contribution in [1.82, 2.24) is 25.6 Å². The molecule has 45 heavy (non-hydrogen) atoms. The average molecular weight is 686 g/mol. The van der Waals surface area contributed by atoms with Crippen LogP contribution in [-0.4, -0.2) is 37.1 Å². The number of hydrazine groups is 1. The molecule has 2 N–H and O–H groups in total. The molecule has 2 unspecified atom stereocenters. The van der Waals surface area contributed by atoms with E-state index in [9.17, 15) is 31.1 Å². The molecule has 8 nitrogen and oxygen atoms in total. The summed E-state index contributed by atoms with van der Waals surface area (Å²) in [6.45, 7) is 1.84. The van der Waals surface area contributed by atoms with Crippen molar-refractivity contribution in [3.8, 4) is 17.1 Å². The summed E-state index contributed by atoms with van der Waals surface area (Å²) in [5.41, 5.74) is 4.68. The van der Waals surface area contributed by atoms with Gasteiger partial charge in [-0.3, -0.25) is 9.69 Å². The molecule has 1 fully saturated rings. The van der Waals surface area contributed by atoms with Gasteiger partial charge in [0.15, 0.2) is 16.5 Å². The lowest BCUT2D eigenvalue weighted by Gasteiger charge is -2.23. The lowest BCUT2D eigenvalue weighted by atomic mass is 10.1. The summed E-state index contributed by atoms with van der Waals surface area (Å²) in [4.78, 5) is 22.0. The van der Waals surface area contributed by atoms with Gasteiger partial charge in [-0.1, -0.05) is 47.6 Å². The molecule has 1 saturated heterocycles. The van der Waals surface area contributed by atoms with Crippen LogP contribution < -0.4 is 15.8 Å². The van der Waals surface area contributed by atoms with Gasteiger partial charge >= 0.3 is 12.4 Å². The fourth-order valence-corrected chi connectivity index (χ4v) is 5.61. The first kappa shape index (κ1) is 32.8. The summed E-state index contributed by atoms with van der Waals surface area (Å²) >= 11 is 11.3. The molecule has 3 aromatic carbocycles. The van der Waals surface area contributed by atoms with Crippen LogP contribution in [0.15, 0.2) is 78.0 Å². The van der Waals surface area contributed by atoms with Crippen molar-refractivity contribution < 1.29 is 31.1 Å². The average Bonchev–Trinajstić information content (AvgIpc) is 3.62. The molecule has 1 aromatic heterocycles. The van der Waals surface area contributed by atoms with Crippen molar-refractivity contribution in [2.45, 2.75) is 30.8 Å². The first-order valence-electron chi connectivity index (χ1n) is 13.0. The zero-order chi connectivity index (χ0) is 32.5. The number of thioether (sulfide) groups is 1. The van der Waals surface area contributed by atoms with Crippen molar-refractivity contribution in [2.75, 3.05) is 10.7 Å². The van der Waals surface area contributed by atoms with E-state index < -0.39 is 40.6 Å². The highest BCUT2D eigenvalue weighted by molar-refractivity contribution is 8.15. The third-order valence-electron chi connectivity index (χ3n) is 6.55. The molecule has 2 heterocycles. The molecule has 17 heteroatoms. The van der Waals surface area contributed by atoms with Crippen LogP contribution in [0.2, 0.25) is 5.02 Å². The minimum Gasteiger partial charge on any atom is -0.273 e. The molecule has 2 atom stereocenters. The summed E-state index contributed by atoms with van der Waals surface area (Å²) in [5.74, 6) is -0.309. The second kappa shape index (κ2) is 13.0. The molecule has 1 amide bonds. The van der Waals surface area contributed by atoms with Crippen molar-refractivity contribution in [1.29, 1.82) is 0 Å². The Labute approximate surface area is 267 Å². The number of amides is 1. The second-order valence-electron chi connectivity index (χ2n) is 9.65. The minimum atomic E-state index is -4.72. The van der Waals surface area contributed by atoms with E-state index >= 15 is 0 Å².